The maximum Gasteiger partial charge on any atom is 0.339 e. The van der Waals surface area contributed by atoms with Gasteiger partial charge in [0.05, 0.1) is 13.7 Å². The van der Waals surface area contributed by atoms with Gasteiger partial charge in [0.15, 0.2) is 5.60 Å². The van der Waals surface area contributed by atoms with Crippen molar-refractivity contribution in [1.82, 2.24) is 0 Å². The Balaban J connectivity index is 2.73. The summed E-state index contributed by atoms with van der Waals surface area (Å²) in [7, 11) is 1.24. The van der Waals surface area contributed by atoms with Gasteiger partial charge in [-0.1, -0.05) is 17.7 Å². The highest BCUT2D eigenvalue weighted by Crippen LogP contribution is 2.21. The molecule has 0 bridgehead atoms. The van der Waals surface area contributed by atoms with Gasteiger partial charge in [-0.05, 0) is 31.5 Å². The third-order valence-electron chi connectivity index (χ3n) is 2.45. The first-order chi connectivity index (χ1) is 7.86. The summed E-state index contributed by atoms with van der Waals surface area (Å²) in [5.41, 5.74) is 0.195. The van der Waals surface area contributed by atoms with Gasteiger partial charge in [-0.25, -0.2) is 4.79 Å². The zero-order valence-electron chi connectivity index (χ0n) is 10.1. The Morgan fingerprint density at radius 3 is 2.82 bits per heavy atom. The third kappa shape index (κ3) is 3.61. The van der Waals surface area contributed by atoms with Crippen LogP contribution in [-0.4, -0.2) is 30.3 Å². The first-order valence-electron chi connectivity index (χ1n) is 5.17. The van der Waals surface area contributed by atoms with Crippen molar-refractivity contribution in [2.45, 2.75) is 19.4 Å². The highest BCUT2D eigenvalue weighted by Gasteiger charge is 2.31. The normalized spacial score (nSPS) is 13.9. The van der Waals surface area contributed by atoms with Gasteiger partial charge in [-0.3, -0.25) is 0 Å². The predicted molar refractivity (Wildman–Crippen MR) is 67.3 cm³/mol. The van der Waals surface area contributed by atoms with Crippen molar-refractivity contribution in [3.8, 4) is 0 Å². The Bertz CT molecular complexity index is 418. The molecule has 2 N–H and O–H groups in total. The standard InChI is InChI=1S/C12H16ClNO3/c1-8-4-5-9(13)6-10(8)14-7-12(2,16)11(15)17-3/h4-6,14,16H,7H2,1-3H3. The molecule has 1 atom stereocenters. The van der Waals surface area contributed by atoms with E-state index in [2.05, 4.69) is 10.1 Å². The van der Waals surface area contributed by atoms with Gasteiger partial charge >= 0.3 is 5.97 Å². The lowest BCUT2D eigenvalue weighted by Crippen LogP contribution is -2.42. The number of nitrogens with one attached hydrogen (secondary N) is 1. The van der Waals surface area contributed by atoms with E-state index in [1.807, 2.05) is 13.0 Å². The molecule has 1 aromatic carbocycles. The fraction of sp³-hybridized carbons (Fsp3) is 0.417. The third-order valence-corrected chi connectivity index (χ3v) is 2.68. The van der Waals surface area contributed by atoms with Gasteiger partial charge in [0.1, 0.15) is 0 Å². The molecule has 0 radical (unpaired) electrons. The number of hydrogen-bond acceptors (Lipinski definition) is 4. The monoisotopic (exact) mass is 257 g/mol. The van der Waals surface area contributed by atoms with E-state index in [1.165, 1.54) is 14.0 Å². The number of carbonyl (C=O) groups is 1. The summed E-state index contributed by atoms with van der Waals surface area (Å²) < 4.78 is 4.50. The van der Waals surface area contributed by atoms with Gasteiger partial charge < -0.3 is 15.2 Å². The average Bonchev–Trinajstić information content (AvgIpc) is 2.29. The molecule has 5 heteroatoms. The van der Waals surface area contributed by atoms with Crippen LogP contribution in [0.15, 0.2) is 18.2 Å². The van der Waals surface area contributed by atoms with E-state index in [1.54, 1.807) is 12.1 Å². The molecule has 0 aliphatic heterocycles. The van der Waals surface area contributed by atoms with Crippen LogP contribution in [0.2, 0.25) is 5.02 Å². The largest absolute Gasteiger partial charge is 0.467 e. The van der Waals surface area contributed by atoms with Crippen LogP contribution in [-0.2, 0) is 9.53 Å². The molecule has 1 aromatic rings. The summed E-state index contributed by atoms with van der Waals surface area (Å²) in [5, 5.41) is 13.4. The number of halogens is 1. The van der Waals surface area contributed by atoms with Gasteiger partial charge in [0.25, 0.3) is 0 Å². The summed E-state index contributed by atoms with van der Waals surface area (Å²) in [6.07, 6.45) is 0. The molecule has 0 saturated heterocycles. The Morgan fingerprint density at radius 2 is 2.24 bits per heavy atom. The molecule has 1 rings (SSSR count). The molecule has 17 heavy (non-hydrogen) atoms. The summed E-state index contributed by atoms with van der Waals surface area (Å²) in [4.78, 5) is 11.3. The summed E-state index contributed by atoms with van der Waals surface area (Å²) in [6.45, 7) is 3.36. The molecule has 1 unspecified atom stereocenters. The fourth-order valence-corrected chi connectivity index (χ4v) is 1.52. The van der Waals surface area contributed by atoms with E-state index in [4.69, 9.17) is 11.6 Å². The number of carbonyl (C=O) groups excluding carboxylic acids is 1. The molecule has 94 valence electrons. The SMILES string of the molecule is COC(=O)C(C)(O)CNc1cc(Cl)ccc1C. The van der Waals surface area contributed by atoms with Crippen molar-refractivity contribution in [3.63, 3.8) is 0 Å². The van der Waals surface area contributed by atoms with Gasteiger partial charge in [-0.2, -0.15) is 0 Å². The lowest BCUT2D eigenvalue weighted by Gasteiger charge is -2.21. The van der Waals surface area contributed by atoms with E-state index < -0.39 is 11.6 Å². The molecule has 0 spiro atoms. The zero-order valence-corrected chi connectivity index (χ0v) is 10.8. The molecule has 0 aliphatic carbocycles. The Morgan fingerprint density at radius 1 is 1.59 bits per heavy atom. The second-order valence-electron chi connectivity index (χ2n) is 4.08. The smallest absolute Gasteiger partial charge is 0.339 e. The van der Waals surface area contributed by atoms with Crippen LogP contribution in [0.1, 0.15) is 12.5 Å². The topological polar surface area (TPSA) is 58.6 Å². The van der Waals surface area contributed by atoms with Crippen molar-refractivity contribution in [2.24, 2.45) is 0 Å². The Labute approximate surface area is 106 Å². The van der Waals surface area contributed by atoms with Crippen molar-refractivity contribution >= 4 is 23.3 Å². The van der Waals surface area contributed by atoms with Crippen LogP contribution in [0.3, 0.4) is 0 Å². The number of esters is 1. The maximum absolute atomic E-state index is 11.3. The zero-order chi connectivity index (χ0) is 13.1. The molecule has 0 fully saturated rings. The fourth-order valence-electron chi connectivity index (χ4n) is 1.34. The van der Waals surface area contributed by atoms with E-state index in [9.17, 15) is 9.90 Å². The Kier molecular flexibility index (Phi) is 4.37. The number of methoxy groups -OCH3 is 1. The second-order valence-corrected chi connectivity index (χ2v) is 4.51. The number of rotatable bonds is 4. The average molecular weight is 258 g/mol. The van der Waals surface area contributed by atoms with Crippen LogP contribution in [0.25, 0.3) is 0 Å². The summed E-state index contributed by atoms with van der Waals surface area (Å²) >= 11 is 5.86. The van der Waals surface area contributed by atoms with Crippen molar-refractivity contribution < 1.29 is 14.6 Å². The highest BCUT2D eigenvalue weighted by atomic mass is 35.5. The molecule has 4 nitrogen and oxygen atoms in total. The molecule has 0 aliphatic rings. The van der Waals surface area contributed by atoms with Crippen LogP contribution >= 0.6 is 11.6 Å². The molecule has 0 saturated carbocycles. The van der Waals surface area contributed by atoms with Gasteiger partial charge in [0, 0.05) is 10.7 Å². The van der Waals surface area contributed by atoms with E-state index >= 15 is 0 Å². The quantitative estimate of drug-likeness (QED) is 0.810. The van der Waals surface area contributed by atoms with Crippen molar-refractivity contribution in [3.05, 3.63) is 28.8 Å². The van der Waals surface area contributed by atoms with E-state index in [0.29, 0.717) is 5.02 Å². The highest BCUT2D eigenvalue weighted by molar-refractivity contribution is 6.30. The van der Waals surface area contributed by atoms with Gasteiger partial charge in [0.2, 0.25) is 0 Å². The number of benzene rings is 1. The number of aryl methyl sites for hydroxylation is 1. The molecule has 0 heterocycles. The van der Waals surface area contributed by atoms with Crippen LogP contribution in [0.4, 0.5) is 5.69 Å². The molecule has 0 aromatic heterocycles. The van der Waals surface area contributed by atoms with Crippen LogP contribution in [0.5, 0.6) is 0 Å². The number of anilines is 1. The lowest BCUT2D eigenvalue weighted by molar-refractivity contribution is -0.158. The summed E-state index contributed by atoms with van der Waals surface area (Å²) in [6, 6.07) is 5.38. The number of ether oxygens (including phenoxy) is 1. The van der Waals surface area contributed by atoms with Crippen molar-refractivity contribution in [1.29, 1.82) is 0 Å². The first kappa shape index (κ1) is 13.8. The van der Waals surface area contributed by atoms with Crippen LogP contribution in [0, 0.1) is 6.92 Å². The van der Waals surface area contributed by atoms with E-state index in [-0.39, 0.29) is 6.54 Å². The number of aliphatic hydroxyl groups is 1. The molecular formula is C12H16ClNO3. The minimum atomic E-state index is -1.57. The summed E-state index contributed by atoms with van der Waals surface area (Å²) in [5.74, 6) is -0.676. The number of hydrogen-bond donors (Lipinski definition) is 2. The van der Waals surface area contributed by atoms with Gasteiger partial charge in [-0.15, -0.1) is 0 Å². The Hall–Kier alpha value is -1.26. The van der Waals surface area contributed by atoms with Crippen molar-refractivity contribution in [2.75, 3.05) is 19.0 Å². The van der Waals surface area contributed by atoms with Crippen LogP contribution < -0.4 is 5.32 Å². The molecular weight excluding hydrogens is 242 g/mol. The second kappa shape index (κ2) is 5.38. The minimum absolute atomic E-state index is 0.0564. The lowest BCUT2D eigenvalue weighted by atomic mass is 10.1. The maximum atomic E-state index is 11.3. The molecule has 0 amide bonds. The predicted octanol–water partition coefficient (Wildman–Crippen LogP) is 1.98. The van der Waals surface area contributed by atoms with E-state index in [0.717, 1.165) is 11.3 Å². The minimum Gasteiger partial charge on any atom is -0.467 e. The first-order valence-corrected chi connectivity index (χ1v) is 5.55.